The number of carbonyl (C=O) groups excluding carboxylic acids is 1. The number of morpholine rings is 1. The van der Waals surface area contributed by atoms with Crippen LogP contribution in [0.5, 0.6) is 5.75 Å². The first-order chi connectivity index (χ1) is 15.1. The van der Waals surface area contributed by atoms with E-state index in [0.717, 1.165) is 62.4 Å². The number of nitrogens with zero attached hydrogens (tertiary/aromatic N) is 2. The van der Waals surface area contributed by atoms with E-state index in [9.17, 15) is 4.79 Å². The third kappa shape index (κ3) is 6.08. The van der Waals surface area contributed by atoms with Crippen molar-refractivity contribution < 1.29 is 14.3 Å². The van der Waals surface area contributed by atoms with E-state index in [1.807, 2.05) is 59.5 Å². The minimum atomic E-state index is 0.141. The van der Waals surface area contributed by atoms with E-state index in [1.165, 1.54) is 0 Å². The second-order valence-electron chi connectivity index (χ2n) is 9.01. The number of rotatable bonds is 6. The fourth-order valence-corrected chi connectivity index (χ4v) is 4.73. The lowest BCUT2D eigenvalue weighted by molar-refractivity contribution is -0.0728. The summed E-state index contributed by atoms with van der Waals surface area (Å²) in [5.74, 6) is 1.66. The van der Waals surface area contributed by atoms with Gasteiger partial charge in [0.05, 0.1) is 12.2 Å². The number of amides is 1. The first-order valence-electron chi connectivity index (χ1n) is 11.5. The largest absolute Gasteiger partial charge is 0.489 e. The fraction of sp³-hybridized carbons (Fsp3) is 0.500. The Kier molecular flexibility index (Phi) is 7.25. The van der Waals surface area contributed by atoms with E-state index in [-0.39, 0.29) is 5.91 Å². The Morgan fingerprint density at radius 3 is 2.26 bits per heavy atom. The molecule has 0 saturated carbocycles. The average molecular weight is 423 g/mol. The third-order valence-corrected chi connectivity index (χ3v) is 6.26. The molecule has 0 N–H and O–H groups in total. The summed E-state index contributed by atoms with van der Waals surface area (Å²) in [4.78, 5) is 17.5. The third-order valence-electron chi connectivity index (χ3n) is 6.26. The number of ether oxygens (including phenoxy) is 2. The van der Waals surface area contributed by atoms with Crippen molar-refractivity contribution >= 4 is 5.91 Å². The van der Waals surface area contributed by atoms with Crippen molar-refractivity contribution in [3.63, 3.8) is 0 Å². The highest BCUT2D eigenvalue weighted by Crippen LogP contribution is 2.22. The number of para-hydroxylation sites is 1. The van der Waals surface area contributed by atoms with E-state index < -0.39 is 0 Å². The van der Waals surface area contributed by atoms with Crippen molar-refractivity contribution in [2.75, 3.05) is 32.7 Å². The molecule has 0 radical (unpaired) electrons. The highest BCUT2D eigenvalue weighted by molar-refractivity contribution is 5.94. The quantitative estimate of drug-likeness (QED) is 0.699. The van der Waals surface area contributed by atoms with E-state index in [2.05, 4.69) is 18.7 Å². The SMILES string of the molecule is CC1CN(CC2CCN(C(=O)c3ccc(COc4ccccc4)cc3)CC2)CC(C)O1. The maximum absolute atomic E-state index is 12.9. The summed E-state index contributed by atoms with van der Waals surface area (Å²) in [5.41, 5.74) is 1.82. The lowest BCUT2D eigenvalue weighted by Gasteiger charge is -2.39. The molecule has 2 atom stereocenters. The van der Waals surface area contributed by atoms with Crippen LogP contribution in [0.4, 0.5) is 0 Å². The van der Waals surface area contributed by atoms with Gasteiger partial charge in [0, 0.05) is 38.3 Å². The number of benzene rings is 2. The highest BCUT2D eigenvalue weighted by Gasteiger charge is 2.28. The summed E-state index contributed by atoms with van der Waals surface area (Å²) >= 11 is 0. The second-order valence-corrected chi connectivity index (χ2v) is 9.01. The predicted octanol–water partition coefficient (Wildman–Crippen LogP) is 4.23. The first kappa shape index (κ1) is 21.8. The van der Waals surface area contributed by atoms with Crippen LogP contribution in [-0.2, 0) is 11.3 Å². The number of hydrogen-bond acceptors (Lipinski definition) is 4. The maximum atomic E-state index is 12.9. The summed E-state index contributed by atoms with van der Waals surface area (Å²) in [7, 11) is 0. The topological polar surface area (TPSA) is 42.0 Å². The van der Waals surface area contributed by atoms with E-state index >= 15 is 0 Å². The van der Waals surface area contributed by atoms with Gasteiger partial charge in [-0.3, -0.25) is 9.69 Å². The Bertz CT molecular complexity index is 821. The number of carbonyl (C=O) groups is 1. The number of piperidine rings is 1. The molecule has 2 aromatic rings. The molecular weight excluding hydrogens is 388 g/mol. The highest BCUT2D eigenvalue weighted by atomic mass is 16.5. The summed E-state index contributed by atoms with van der Waals surface area (Å²) < 4.78 is 11.6. The van der Waals surface area contributed by atoms with Crippen LogP contribution < -0.4 is 4.74 Å². The molecule has 0 aromatic heterocycles. The van der Waals surface area contributed by atoms with Gasteiger partial charge in [-0.25, -0.2) is 0 Å². The van der Waals surface area contributed by atoms with Crippen LogP contribution in [0.25, 0.3) is 0 Å². The molecule has 0 aliphatic carbocycles. The zero-order valence-corrected chi connectivity index (χ0v) is 18.7. The summed E-state index contributed by atoms with van der Waals surface area (Å²) in [6.07, 6.45) is 2.78. The molecule has 0 bridgehead atoms. The van der Waals surface area contributed by atoms with Crippen LogP contribution in [0.3, 0.4) is 0 Å². The van der Waals surface area contributed by atoms with Crippen LogP contribution in [0.15, 0.2) is 54.6 Å². The lowest BCUT2D eigenvalue weighted by Crippen LogP contribution is -2.48. The molecule has 1 amide bonds. The van der Waals surface area contributed by atoms with Crippen molar-refractivity contribution in [3.05, 3.63) is 65.7 Å². The Labute approximate surface area is 185 Å². The lowest BCUT2D eigenvalue weighted by atomic mass is 9.95. The van der Waals surface area contributed by atoms with Crippen LogP contribution in [0, 0.1) is 5.92 Å². The zero-order valence-electron chi connectivity index (χ0n) is 18.7. The first-order valence-corrected chi connectivity index (χ1v) is 11.5. The predicted molar refractivity (Wildman–Crippen MR) is 122 cm³/mol. The number of likely N-dealkylation sites (tertiary alicyclic amines) is 1. The van der Waals surface area contributed by atoms with Crippen LogP contribution >= 0.6 is 0 Å². The molecule has 5 nitrogen and oxygen atoms in total. The van der Waals surface area contributed by atoms with Crippen LogP contribution in [-0.4, -0.2) is 60.6 Å². The van der Waals surface area contributed by atoms with Crippen molar-refractivity contribution in [1.82, 2.24) is 9.80 Å². The van der Waals surface area contributed by atoms with Crippen molar-refractivity contribution in [1.29, 1.82) is 0 Å². The summed E-state index contributed by atoms with van der Waals surface area (Å²) in [5, 5.41) is 0. The van der Waals surface area contributed by atoms with Gasteiger partial charge < -0.3 is 14.4 Å². The molecule has 0 spiro atoms. The van der Waals surface area contributed by atoms with E-state index in [1.54, 1.807) is 0 Å². The molecule has 2 aliphatic heterocycles. The maximum Gasteiger partial charge on any atom is 0.253 e. The Hall–Kier alpha value is -2.37. The molecule has 2 unspecified atom stereocenters. The molecule has 2 aliphatic rings. The Balaban J connectivity index is 1.24. The smallest absolute Gasteiger partial charge is 0.253 e. The van der Waals surface area contributed by atoms with Crippen molar-refractivity contribution in [2.45, 2.75) is 45.5 Å². The standard InChI is InChI=1S/C26H34N2O3/c1-20-16-27(17-21(2)31-20)18-22-12-14-28(15-13-22)26(29)24-10-8-23(9-11-24)19-30-25-6-4-3-5-7-25/h3-11,20-22H,12-19H2,1-2H3. The van der Waals surface area contributed by atoms with Crippen molar-refractivity contribution in [3.8, 4) is 5.75 Å². The summed E-state index contributed by atoms with van der Waals surface area (Å²) in [6, 6.07) is 17.6. The van der Waals surface area contributed by atoms with Gasteiger partial charge in [-0.2, -0.15) is 0 Å². The normalized spacial score (nSPS) is 23.0. The van der Waals surface area contributed by atoms with Gasteiger partial charge in [-0.15, -0.1) is 0 Å². The minimum absolute atomic E-state index is 0.141. The van der Waals surface area contributed by atoms with Gasteiger partial charge in [-0.05, 0) is 62.4 Å². The molecule has 4 rings (SSSR count). The Morgan fingerprint density at radius 2 is 1.61 bits per heavy atom. The van der Waals surface area contributed by atoms with E-state index in [0.29, 0.717) is 24.7 Å². The van der Waals surface area contributed by atoms with E-state index in [4.69, 9.17) is 9.47 Å². The molecule has 166 valence electrons. The fourth-order valence-electron chi connectivity index (χ4n) is 4.73. The van der Waals surface area contributed by atoms with Gasteiger partial charge >= 0.3 is 0 Å². The van der Waals surface area contributed by atoms with Crippen LogP contribution in [0.1, 0.15) is 42.6 Å². The molecule has 2 saturated heterocycles. The van der Waals surface area contributed by atoms with Crippen LogP contribution in [0.2, 0.25) is 0 Å². The Morgan fingerprint density at radius 1 is 0.968 bits per heavy atom. The van der Waals surface area contributed by atoms with Crippen molar-refractivity contribution in [2.24, 2.45) is 5.92 Å². The second kappa shape index (κ2) is 10.3. The number of hydrogen-bond donors (Lipinski definition) is 0. The van der Waals surface area contributed by atoms with Gasteiger partial charge in [0.2, 0.25) is 0 Å². The monoisotopic (exact) mass is 422 g/mol. The molecule has 5 heteroatoms. The molecule has 31 heavy (non-hydrogen) atoms. The van der Waals surface area contributed by atoms with Gasteiger partial charge in [0.1, 0.15) is 12.4 Å². The zero-order chi connectivity index (χ0) is 21.6. The van der Waals surface area contributed by atoms with Gasteiger partial charge in [0.25, 0.3) is 5.91 Å². The summed E-state index contributed by atoms with van der Waals surface area (Å²) in [6.45, 7) is 9.66. The average Bonchev–Trinajstić information content (AvgIpc) is 2.78. The molecule has 2 fully saturated rings. The molecular formula is C26H34N2O3. The van der Waals surface area contributed by atoms with Gasteiger partial charge in [0.15, 0.2) is 0 Å². The molecule has 2 heterocycles. The minimum Gasteiger partial charge on any atom is -0.489 e. The van der Waals surface area contributed by atoms with Gasteiger partial charge in [-0.1, -0.05) is 30.3 Å². The molecule has 2 aromatic carbocycles.